The van der Waals surface area contributed by atoms with E-state index in [-0.39, 0.29) is 6.04 Å². The van der Waals surface area contributed by atoms with Crippen molar-refractivity contribution >= 4 is 5.97 Å². The number of aliphatic carboxylic acids is 1. The molecule has 0 radical (unpaired) electrons. The second-order valence-electron chi connectivity index (χ2n) is 4.36. The van der Waals surface area contributed by atoms with Crippen molar-refractivity contribution in [3.63, 3.8) is 0 Å². The topological polar surface area (TPSA) is 49.8 Å². The number of likely N-dealkylation sites (tertiary alicyclic amines) is 1. The number of hydrogen-bond donors (Lipinski definition) is 1. The maximum atomic E-state index is 10.8. The Labute approximate surface area is 91.2 Å². The molecule has 1 heterocycles. The van der Waals surface area contributed by atoms with E-state index in [9.17, 15) is 4.79 Å². The van der Waals surface area contributed by atoms with Crippen LogP contribution in [0.1, 0.15) is 20.8 Å². The maximum Gasteiger partial charge on any atom is 0.320 e. The van der Waals surface area contributed by atoms with E-state index in [2.05, 4.69) is 6.92 Å². The molecule has 0 aromatic rings. The van der Waals surface area contributed by atoms with Gasteiger partial charge in [0.25, 0.3) is 0 Å². The first-order valence-electron chi connectivity index (χ1n) is 5.60. The fourth-order valence-electron chi connectivity index (χ4n) is 2.03. The predicted octanol–water partition coefficient (Wildman–Crippen LogP) is 1.06. The highest BCUT2D eigenvalue weighted by Gasteiger charge is 2.34. The Morgan fingerprint density at radius 3 is 2.80 bits per heavy atom. The average molecular weight is 215 g/mol. The van der Waals surface area contributed by atoms with Gasteiger partial charge in [-0.3, -0.25) is 9.69 Å². The molecule has 0 aromatic heterocycles. The summed E-state index contributed by atoms with van der Waals surface area (Å²) in [4.78, 5) is 12.9. The molecule has 1 fully saturated rings. The van der Waals surface area contributed by atoms with Crippen LogP contribution < -0.4 is 0 Å². The number of carbonyl (C=O) groups is 1. The summed E-state index contributed by atoms with van der Waals surface area (Å²) >= 11 is 0. The Hall–Kier alpha value is -0.610. The minimum absolute atomic E-state index is 0.376. The van der Waals surface area contributed by atoms with Gasteiger partial charge in [0.2, 0.25) is 0 Å². The third kappa shape index (κ3) is 3.18. The van der Waals surface area contributed by atoms with Crippen molar-refractivity contribution in [2.45, 2.75) is 26.8 Å². The SMILES string of the molecule is CCOC[C@@H]1CN([C@@H](C)C(=O)O)C[C@H]1C. The minimum Gasteiger partial charge on any atom is -0.480 e. The molecule has 0 amide bonds. The summed E-state index contributed by atoms with van der Waals surface area (Å²) < 4.78 is 5.40. The molecule has 4 heteroatoms. The molecule has 1 aliphatic heterocycles. The molecule has 88 valence electrons. The molecule has 1 aliphatic rings. The van der Waals surface area contributed by atoms with Gasteiger partial charge < -0.3 is 9.84 Å². The maximum absolute atomic E-state index is 10.8. The smallest absolute Gasteiger partial charge is 0.320 e. The zero-order chi connectivity index (χ0) is 11.4. The van der Waals surface area contributed by atoms with Crippen molar-refractivity contribution in [2.75, 3.05) is 26.3 Å². The minimum atomic E-state index is -0.737. The normalized spacial score (nSPS) is 29.3. The lowest BCUT2D eigenvalue weighted by Crippen LogP contribution is -2.37. The van der Waals surface area contributed by atoms with Crippen LogP contribution in [0.2, 0.25) is 0 Å². The molecule has 4 nitrogen and oxygen atoms in total. The van der Waals surface area contributed by atoms with E-state index < -0.39 is 5.97 Å². The monoisotopic (exact) mass is 215 g/mol. The summed E-state index contributed by atoms with van der Waals surface area (Å²) in [5.74, 6) is 0.268. The third-order valence-corrected chi connectivity index (χ3v) is 3.24. The average Bonchev–Trinajstić information content (AvgIpc) is 2.55. The van der Waals surface area contributed by atoms with Crippen molar-refractivity contribution in [1.29, 1.82) is 0 Å². The Bertz CT molecular complexity index is 220. The largest absolute Gasteiger partial charge is 0.480 e. The van der Waals surface area contributed by atoms with Crippen LogP contribution in [0.5, 0.6) is 0 Å². The zero-order valence-corrected chi connectivity index (χ0v) is 9.77. The Morgan fingerprint density at radius 2 is 2.27 bits per heavy atom. The van der Waals surface area contributed by atoms with Crippen LogP contribution in [0.4, 0.5) is 0 Å². The predicted molar refractivity (Wildman–Crippen MR) is 57.8 cm³/mol. The fraction of sp³-hybridized carbons (Fsp3) is 0.909. The Morgan fingerprint density at radius 1 is 1.60 bits per heavy atom. The van der Waals surface area contributed by atoms with Crippen LogP contribution >= 0.6 is 0 Å². The van der Waals surface area contributed by atoms with Gasteiger partial charge in [-0.1, -0.05) is 6.92 Å². The summed E-state index contributed by atoms with van der Waals surface area (Å²) in [7, 11) is 0. The first kappa shape index (κ1) is 12.5. The molecular formula is C11H21NO3. The number of carboxylic acid groups (broad SMARTS) is 1. The Balaban J connectivity index is 2.44. The van der Waals surface area contributed by atoms with E-state index in [0.29, 0.717) is 11.8 Å². The molecule has 0 aliphatic carbocycles. The van der Waals surface area contributed by atoms with Gasteiger partial charge >= 0.3 is 5.97 Å². The second kappa shape index (κ2) is 5.47. The molecule has 1 rings (SSSR count). The number of hydrogen-bond acceptors (Lipinski definition) is 3. The first-order chi connectivity index (χ1) is 7.06. The quantitative estimate of drug-likeness (QED) is 0.745. The van der Waals surface area contributed by atoms with Gasteiger partial charge in [0.15, 0.2) is 0 Å². The molecule has 0 bridgehead atoms. The number of ether oxygens (including phenoxy) is 1. The molecule has 0 saturated carbocycles. The summed E-state index contributed by atoms with van der Waals surface area (Å²) in [6.45, 7) is 9.09. The number of carboxylic acids is 1. The highest BCUT2D eigenvalue weighted by atomic mass is 16.5. The fourth-order valence-corrected chi connectivity index (χ4v) is 2.03. The number of rotatable bonds is 5. The molecule has 0 aromatic carbocycles. The lowest BCUT2D eigenvalue weighted by Gasteiger charge is -2.20. The molecule has 1 N–H and O–H groups in total. The van der Waals surface area contributed by atoms with E-state index >= 15 is 0 Å². The van der Waals surface area contributed by atoms with Crippen molar-refractivity contribution in [3.05, 3.63) is 0 Å². The molecule has 1 saturated heterocycles. The van der Waals surface area contributed by atoms with E-state index in [1.807, 2.05) is 11.8 Å². The standard InChI is InChI=1S/C11H21NO3/c1-4-15-7-10-6-12(5-8(10)2)9(3)11(13)14/h8-10H,4-7H2,1-3H3,(H,13,14)/t8-,9+,10+/m1/s1. The van der Waals surface area contributed by atoms with Gasteiger partial charge in [-0.05, 0) is 25.7 Å². The molecule has 0 spiro atoms. The van der Waals surface area contributed by atoms with Gasteiger partial charge in [-0.25, -0.2) is 0 Å². The summed E-state index contributed by atoms with van der Waals surface area (Å²) in [6.07, 6.45) is 0. The van der Waals surface area contributed by atoms with Gasteiger partial charge in [0, 0.05) is 19.7 Å². The van der Waals surface area contributed by atoms with Crippen molar-refractivity contribution < 1.29 is 14.6 Å². The van der Waals surface area contributed by atoms with E-state index in [0.717, 1.165) is 26.3 Å². The van der Waals surface area contributed by atoms with E-state index in [4.69, 9.17) is 9.84 Å². The van der Waals surface area contributed by atoms with Crippen LogP contribution in [0.25, 0.3) is 0 Å². The highest BCUT2D eigenvalue weighted by Crippen LogP contribution is 2.24. The van der Waals surface area contributed by atoms with Crippen LogP contribution in [0.3, 0.4) is 0 Å². The lowest BCUT2D eigenvalue weighted by molar-refractivity contribution is -0.142. The third-order valence-electron chi connectivity index (χ3n) is 3.24. The zero-order valence-electron chi connectivity index (χ0n) is 9.77. The van der Waals surface area contributed by atoms with Gasteiger partial charge in [-0.15, -0.1) is 0 Å². The van der Waals surface area contributed by atoms with Crippen LogP contribution in [0, 0.1) is 11.8 Å². The lowest BCUT2D eigenvalue weighted by atomic mass is 9.99. The van der Waals surface area contributed by atoms with Crippen molar-refractivity contribution in [3.8, 4) is 0 Å². The van der Waals surface area contributed by atoms with E-state index in [1.165, 1.54) is 0 Å². The summed E-state index contributed by atoms with van der Waals surface area (Å²) in [5.41, 5.74) is 0. The van der Waals surface area contributed by atoms with Gasteiger partial charge in [0.1, 0.15) is 6.04 Å². The molecule has 3 atom stereocenters. The number of nitrogens with zero attached hydrogens (tertiary/aromatic N) is 1. The molecular weight excluding hydrogens is 194 g/mol. The van der Waals surface area contributed by atoms with Gasteiger partial charge in [0.05, 0.1) is 6.61 Å². The van der Waals surface area contributed by atoms with Crippen molar-refractivity contribution in [1.82, 2.24) is 4.90 Å². The molecule has 0 unspecified atom stereocenters. The van der Waals surface area contributed by atoms with E-state index in [1.54, 1.807) is 6.92 Å². The summed E-state index contributed by atoms with van der Waals surface area (Å²) in [6, 6.07) is -0.376. The molecule has 15 heavy (non-hydrogen) atoms. The van der Waals surface area contributed by atoms with Crippen LogP contribution in [-0.2, 0) is 9.53 Å². The highest BCUT2D eigenvalue weighted by molar-refractivity contribution is 5.72. The second-order valence-corrected chi connectivity index (χ2v) is 4.36. The summed E-state index contributed by atoms with van der Waals surface area (Å²) in [5, 5.41) is 8.92. The van der Waals surface area contributed by atoms with Gasteiger partial charge in [-0.2, -0.15) is 0 Å². The first-order valence-corrected chi connectivity index (χ1v) is 5.60. The van der Waals surface area contributed by atoms with Crippen LogP contribution in [-0.4, -0.2) is 48.3 Å². The Kier molecular flexibility index (Phi) is 4.54. The van der Waals surface area contributed by atoms with Crippen molar-refractivity contribution in [2.24, 2.45) is 11.8 Å². The van der Waals surface area contributed by atoms with Crippen LogP contribution in [0.15, 0.2) is 0 Å².